The maximum atomic E-state index is 12.7. The number of carbonyl (C=O) groups excluding carboxylic acids is 4. The van der Waals surface area contributed by atoms with Gasteiger partial charge < -0.3 is 20.2 Å². The standard InChI is InChI=1S/C24H30N2O7/c1-13-8-21(29)32-19-10-15(6-7-17(13)19)9-18(27)14(2)26-23(31)16(11-20(25)28)12-22(30)33-24(3,4)5/h6-8,10,14,16H,9,11-12H2,1-5H3,(H2,25,28)(H,26,31)/t14-,16-/m0/s1. The van der Waals surface area contributed by atoms with Crippen molar-refractivity contribution in [2.24, 2.45) is 11.7 Å². The molecule has 2 aromatic rings. The fraction of sp³-hybridized carbons (Fsp3) is 0.458. The van der Waals surface area contributed by atoms with E-state index in [2.05, 4.69) is 5.32 Å². The number of nitrogens with two attached hydrogens (primary N) is 1. The molecule has 9 nitrogen and oxygen atoms in total. The van der Waals surface area contributed by atoms with E-state index in [4.69, 9.17) is 14.9 Å². The lowest BCUT2D eigenvalue weighted by Gasteiger charge is -2.22. The Bertz CT molecular complexity index is 1130. The molecule has 0 aliphatic carbocycles. The molecule has 0 saturated heterocycles. The number of fused-ring (bicyclic) bond motifs is 1. The Morgan fingerprint density at radius 3 is 2.39 bits per heavy atom. The Balaban J connectivity index is 2.07. The highest BCUT2D eigenvalue weighted by molar-refractivity contribution is 5.94. The van der Waals surface area contributed by atoms with Crippen LogP contribution < -0.4 is 16.7 Å². The minimum Gasteiger partial charge on any atom is -0.460 e. The topological polar surface area (TPSA) is 146 Å². The average molecular weight is 459 g/mol. The molecule has 9 heteroatoms. The number of esters is 1. The van der Waals surface area contributed by atoms with Gasteiger partial charge in [0.1, 0.15) is 11.2 Å². The van der Waals surface area contributed by atoms with Gasteiger partial charge in [0, 0.05) is 24.3 Å². The predicted octanol–water partition coefficient (Wildman–Crippen LogP) is 1.94. The van der Waals surface area contributed by atoms with E-state index in [0.29, 0.717) is 11.1 Å². The van der Waals surface area contributed by atoms with Crippen molar-refractivity contribution in [2.75, 3.05) is 0 Å². The van der Waals surface area contributed by atoms with E-state index in [0.717, 1.165) is 10.9 Å². The summed E-state index contributed by atoms with van der Waals surface area (Å²) in [5, 5.41) is 3.32. The van der Waals surface area contributed by atoms with Gasteiger partial charge in [0.2, 0.25) is 11.8 Å². The minimum absolute atomic E-state index is 0.0123. The monoisotopic (exact) mass is 458 g/mol. The van der Waals surface area contributed by atoms with Gasteiger partial charge >= 0.3 is 11.6 Å². The largest absolute Gasteiger partial charge is 0.460 e. The Labute approximate surface area is 191 Å². The second-order valence-corrected chi connectivity index (χ2v) is 9.11. The molecule has 2 amide bonds. The third-order valence-electron chi connectivity index (χ3n) is 4.89. The van der Waals surface area contributed by atoms with Crippen molar-refractivity contribution in [1.82, 2.24) is 5.32 Å². The van der Waals surface area contributed by atoms with Crippen molar-refractivity contribution < 1.29 is 28.3 Å². The van der Waals surface area contributed by atoms with E-state index >= 15 is 0 Å². The number of hydrogen-bond acceptors (Lipinski definition) is 7. The summed E-state index contributed by atoms with van der Waals surface area (Å²) < 4.78 is 10.4. The molecule has 3 N–H and O–H groups in total. The number of ether oxygens (including phenoxy) is 1. The van der Waals surface area contributed by atoms with Crippen molar-refractivity contribution >= 4 is 34.5 Å². The highest BCUT2D eigenvalue weighted by Crippen LogP contribution is 2.19. The van der Waals surface area contributed by atoms with Gasteiger partial charge in [-0.25, -0.2) is 4.79 Å². The highest BCUT2D eigenvalue weighted by atomic mass is 16.6. The number of aryl methyl sites for hydroxylation is 1. The summed E-state index contributed by atoms with van der Waals surface area (Å²) in [7, 11) is 0. The molecule has 0 spiro atoms. The van der Waals surface area contributed by atoms with Crippen LogP contribution in [-0.2, 0) is 30.3 Å². The number of nitrogens with one attached hydrogen (secondary N) is 1. The van der Waals surface area contributed by atoms with Crippen LogP contribution in [0.1, 0.15) is 51.7 Å². The maximum Gasteiger partial charge on any atom is 0.336 e. The number of hydrogen-bond donors (Lipinski definition) is 2. The quantitative estimate of drug-likeness (QED) is 0.431. The van der Waals surface area contributed by atoms with Crippen LogP contribution in [-0.4, -0.2) is 35.2 Å². The lowest BCUT2D eigenvalue weighted by atomic mass is 9.98. The zero-order valence-corrected chi connectivity index (χ0v) is 19.5. The van der Waals surface area contributed by atoms with E-state index in [1.54, 1.807) is 45.9 Å². The van der Waals surface area contributed by atoms with Crippen LogP contribution in [0.3, 0.4) is 0 Å². The molecule has 0 aliphatic rings. The van der Waals surface area contributed by atoms with E-state index in [1.807, 2.05) is 0 Å². The normalized spacial score (nSPS) is 13.2. The summed E-state index contributed by atoms with van der Waals surface area (Å²) >= 11 is 0. The first-order valence-corrected chi connectivity index (χ1v) is 10.6. The molecule has 0 bridgehead atoms. The van der Waals surface area contributed by atoms with Crippen LogP contribution >= 0.6 is 0 Å². The summed E-state index contributed by atoms with van der Waals surface area (Å²) in [5.41, 5.74) is 5.76. The number of amides is 2. The van der Waals surface area contributed by atoms with Gasteiger partial charge in [-0.1, -0.05) is 12.1 Å². The SMILES string of the molecule is Cc1cc(=O)oc2cc(CC(=O)[C@H](C)NC(=O)[C@@H](CC(N)=O)CC(=O)OC(C)(C)C)ccc12. The number of carbonyl (C=O) groups is 4. The lowest BCUT2D eigenvalue weighted by molar-refractivity contribution is -0.157. The molecule has 0 fully saturated rings. The minimum atomic E-state index is -1.05. The molecule has 33 heavy (non-hydrogen) atoms. The van der Waals surface area contributed by atoms with Crippen molar-refractivity contribution in [1.29, 1.82) is 0 Å². The molecule has 2 rings (SSSR count). The van der Waals surface area contributed by atoms with E-state index in [-0.39, 0.29) is 25.0 Å². The summed E-state index contributed by atoms with van der Waals surface area (Å²) in [6.07, 6.45) is -0.702. The Morgan fingerprint density at radius 2 is 1.79 bits per heavy atom. The third-order valence-corrected chi connectivity index (χ3v) is 4.89. The zero-order chi connectivity index (χ0) is 24.9. The average Bonchev–Trinajstić information content (AvgIpc) is 2.64. The summed E-state index contributed by atoms with van der Waals surface area (Å²) in [6, 6.07) is 5.65. The third kappa shape index (κ3) is 7.85. The van der Waals surface area contributed by atoms with Crippen molar-refractivity contribution in [3.05, 3.63) is 45.8 Å². The molecular formula is C24H30N2O7. The van der Waals surface area contributed by atoms with Gasteiger partial charge in [-0.3, -0.25) is 19.2 Å². The molecular weight excluding hydrogens is 428 g/mol. The maximum absolute atomic E-state index is 12.7. The molecule has 0 radical (unpaired) electrons. The molecule has 1 aromatic heterocycles. The molecule has 0 unspecified atom stereocenters. The van der Waals surface area contributed by atoms with Crippen LogP contribution in [0.2, 0.25) is 0 Å². The molecule has 0 saturated carbocycles. The molecule has 178 valence electrons. The van der Waals surface area contributed by atoms with E-state index in [9.17, 15) is 24.0 Å². The second kappa shape index (κ2) is 10.4. The second-order valence-electron chi connectivity index (χ2n) is 9.11. The first-order valence-electron chi connectivity index (χ1n) is 10.6. The number of ketones is 1. The zero-order valence-electron chi connectivity index (χ0n) is 19.5. The molecule has 2 atom stereocenters. The number of rotatable bonds is 9. The summed E-state index contributed by atoms with van der Waals surface area (Å²) in [5.74, 6) is -3.37. The van der Waals surface area contributed by atoms with Crippen LogP contribution in [0.25, 0.3) is 11.0 Å². The number of benzene rings is 1. The highest BCUT2D eigenvalue weighted by Gasteiger charge is 2.29. The molecule has 1 heterocycles. The molecule has 1 aromatic carbocycles. The fourth-order valence-corrected chi connectivity index (χ4v) is 3.33. The van der Waals surface area contributed by atoms with Gasteiger partial charge in [-0.05, 0) is 51.8 Å². The van der Waals surface area contributed by atoms with Crippen molar-refractivity contribution in [2.45, 2.75) is 65.5 Å². The smallest absolute Gasteiger partial charge is 0.336 e. The fourth-order valence-electron chi connectivity index (χ4n) is 3.33. The van der Waals surface area contributed by atoms with Crippen molar-refractivity contribution in [3.8, 4) is 0 Å². The molecule has 0 aliphatic heterocycles. The van der Waals surface area contributed by atoms with Crippen LogP contribution in [0, 0.1) is 12.8 Å². The van der Waals surface area contributed by atoms with Gasteiger partial charge in [-0.15, -0.1) is 0 Å². The first-order chi connectivity index (χ1) is 15.2. The van der Waals surface area contributed by atoms with Gasteiger partial charge in [0.25, 0.3) is 0 Å². The van der Waals surface area contributed by atoms with Crippen LogP contribution in [0.15, 0.2) is 33.5 Å². The number of primary amides is 1. The summed E-state index contributed by atoms with van der Waals surface area (Å²) in [6.45, 7) is 8.37. The van der Waals surface area contributed by atoms with E-state index in [1.165, 1.54) is 13.0 Å². The van der Waals surface area contributed by atoms with Crippen LogP contribution in [0.4, 0.5) is 0 Å². The Kier molecular flexibility index (Phi) is 8.13. The Morgan fingerprint density at radius 1 is 1.12 bits per heavy atom. The van der Waals surface area contributed by atoms with Gasteiger partial charge in [0.15, 0.2) is 5.78 Å². The predicted molar refractivity (Wildman–Crippen MR) is 121 cm³/mol. The number of Topliss-reactive ketones (excluding diaryl/α,β-unsaturated/α-hetero) is 1. The van der Waals surface area contributed by atoms with Crippen LogP contribution in [0.5, 0.6) is 0 Å². The van der Waals surface area contributed by atoms with Crippen molar-refractivity contribution in [3.63, 3.8) is 0 Å². The van der Waals surface area contributed by atoms with Gasteiger partial charge in [-0.2, -0.15) is 0 Å². The van der Waals surface area contributed by atoms with E-state index < -0.39 is 41.0 Å². The first kappa shape index (κ1) is 25.8. The lowest BCUT2D eigenvalue weighted by Crippen LogP contribution is -2.44. The Hall–Kier alpha value is -3.49. The van der Waals surface area contributed by atoms with Gasteiger partial charge in [0.05, 0.1) is 18.4 Å². The summed E-state index contributed by atoms with van der Waals surface area (Å²) in [4.78, 5) is 60.5.